The fourth-order valence-corrected chi connectivity index (χ4v) is 4.76. The summed E-state index contributed by atoms with van der Waals surface area (Å²) in [5.41, 5.74) is -0.321. The second kappa shape index (κ2) is 8.53. The molecular formula is C18H16Cl2F2N2O4S. The van der Waals surface area contributed by atoms with Crippen molar-refractivity contribution in [3.05, 3.63) is 57.6 Å². The van der Waals surface area contributed by atoms with Gasteiger partial charge in [-0.05, 0) is 43.5 Å². The van der Waals surface area contributed by atoms with Crippen LogP contribution in [0, 0.1) is 11.6 Å². The molecule has 0 spiro atoms. The molecule has 29 heavy (non-hydrogen) atoms. The third-order valence-electron chi connectivity index (χ3n) is 4.52. The SMILES string of the molecule is O=C(Nc1cc(F)c(F)c(Cl)c1)c1cc(S(=O)(=O)NC2CCCC2O)ccc1Cl. The summed E-state index contributed by atoms with van der Waals surface area (Å²) in [7, 11) is -4.02. The second-order valence-corrected chi connectivity index (χ2v) is 9.10. The van der Waals surface area contributed by atoms with E-state index >= 15 is 0 Å². The first kappa shape index (κ1) is 21.9. The molecule has 0 saturated heterocycles. The van der Waals surface area contributed by atoms with Crippen molar-refractivity contribution in [2.75, 3.05) is 5.32 Å². The third-order valence-corrected chi connectivity index (χ3v) is 6.61. The first-order valence-electron chi connectivity index (χ1n) is 8.54. The Bertz CT molecular complexity index is 1040. The molecule has 3 rings (SSSR count). The highest BCUT2D eigenvalue weighted by molar-refractivity contribution is 7.89. The molecule has 2 aromatic carbocycles. The Kier molecular flexibility index (Phi) is 6.45. The van der Waals surface area contributed by atoms with Crippen LogP contribution in [-0.2, 0) is 10.0 Å². The highest BCUT2D eigenvalue weighted by atomic mass is 35.5. The highest BCUT2D eigenvalue weighted by Crippen LogP contribution is 2.26. The Morgan fingerprint density at radius 3 is 2.45 bits per heavy atom. The molecule has 2 unspecified atom stereocenters. The topological polar surface area (TPSA) is 95.5 Å². The number of amides is 1. The zero-order chi connectivity index (χ0) is 21.3. The van der Waals surface area contributed by atoms with Crippen LogP contribution in [0.25, 0.3) is 0 Å². The van der Waals surface area contributed by atoms with Crippen molar-refractivity contribution in [3.8, 4) is 0 Å². The summed E-state index contributed by atoms with van der Waals surface area (Å²) in [5.74, 6) is -3.35. The molecule has 1 amide bonds. The average molecular weight is 465 g/mol. The summed E-state index contributed by atoms with van der Waals surface area (Å²) < 4.78 is 54.4. The van der Waals surface area contributed by atoms with Crippen molar-refractivity contribution in [1.82, 2.24) is 4.72 Å². The fourth-order valence-electron chi connectivity index (χ4n) is 3.02. The minimum atomic E-state index is -4.02. The maximum Gasteiger partial charge on any atom is 0.257 e. The van der Waals surface area contributed by atoms with Gasteiger partial charge in [0.1, 0.15) is 0 Å². The largest absolute Gasteiger partial charge is 0.391 e. The number of hydrogen-bond donors (Lipinski definition) is 3. The molecule has 2 aromatic rings. The van der Waals surface area contributed by atoms with E-state index in [9.17, 15) is 27.1 Å². The minimum absolute atomic E-state index is 0.0453. The van der Waals surface area contributed by atoms with E-state index in [1.54, 1.807) is 0 Å². The maximum atomic E-state index is 13.5. The molecule has 0 bridgehead atoms. The van der Waals surface area contributed by atoms with E-state index in [4.69, 9.17) is 23.2 Å². The van der Waals surface area contributed by atoms with Gasteiger partial charge in [-0.1, -0.05) is 23.2 Å². The van der Waals surface area contributed by atoms with Crippen LogP contribution in [0.1, 0.15) is 29.6 Å². The number of aliphatic hydroxyl groups is 1. The van der Waals surface area contributed by atoms with E-state index < -0.39 is 44.7 Å². The molecule has 1 aliphatic rings. The zero-order valence-electron chi connectivity index (χ0n) is 14.8. The van der Waals surface area contributed by atoms with Crippen LogP contribution in [0.15, 0.2) is 35.2 Å². The number of aliphatic hydroxyl groups excluding tert-OH is 1. The molecule has 2 atom stereocenters. The Balaban J connectivity index is 1.86. The molecule has 1 aliphatic carbocycles. The lowest BCUT2D eigenvalue weighted by Crippen LogP contribution is -2.39. The van der Waals surface area contributed by atoms with Crippen molar-refractivity contribution in [1.29, 1.82) is 0 Å². The predicted molar refractivity (Wildman–Crippen MR) is 105 cm³/mol. The normalized spacial score (nSPS) is 19.3. The number of carbonyl (C=O) groups is 1. The quantitative estimate of drug-likeness (QED) is 0.587. The number of sulfonamides is 1. The van der Waals surface area contributed by atoms with Crippen LogP contribution in [0.4, 0.5) is 14.5 Å². The molecule has 0 radical (unpaired) electrons. The van der Waals surface area contributed by atoms with Gasteiger partial charge in [0.25, 0.3) is 5.91 Å². The van der Waals surface area contributed by atoms with Crippen LogP contribution in [-0.4, -0.2) is 31.6 Å². The van der Waals surface area contributed by atoms with Crippen LogP contribution in [0.3, 0.4) is 0 Å². The number of anilines is 1. The van der Waals surface area contributed by atoms with Crippen molar-refractivity contribution in [2.45, 2.75) is 36.3 Å². The zero-order valence-corrected chi connectivity index (χ0v) is 17.1. The van der Waals surface area contributed by atoms with Crippen LogP contribution < -0.4 is 10.0 Å². The first-order chi connectivity index (χ1) is 13.6. The van der Waals surface area contributed by atoms with E-state index in [0.29, 0.717) is 19.3 Å². The third kappa shape index (κ3) is 4.87. The monoisotopic (exact) mass is 464 g/mol. The molecule has 0 aromatic heterocycles. The number of carbonyl (C=O) groups excluding carboxylic acids is 1. The van der Waals surface area contributed by atoms with Gasteiger partial charge in [-0.2, -0.15) is 0 Å². The summed E-state index contributed by atoms with van der Waals surface area (Å²) >= 11 is 11.6. The lowest BCUT2D eigenvalue weighted by molar-refractivity contribution is 0.102. The average Bonchev–Trinajstić information content (AvgIpc) is 3.03. The molecule has 0 heterocycles. The summed E-state index contributed by atoms with van der Waals surface area (Å²) in [5, 5.41) is 11.6. The van der Waals surface area contributed by atoms with Crippen molar-refractivity contribution < 1.29 is 27.1 Å². The van der Waals surface area contributed by atoms with Gasteiger partial charge in [-0.3, -0.25) is 4.79 Å². The smallest absolute Gasteiger partial charge is 0.257 e. The number of nitrogens with one attached hydrogen (secondary N) is 2. The Hall–Kier alpha value is -1.78. The van der Waals surface area contributed by atoms with E-state index in [2.05, 4.69) is 10.0 Å². The van der Waals surface area contributed by atoms with Gasteiger partial charge < -0.3 is 10.4 Å². The van der Waals surface area contributed by atoms with E-state index in [0.717, 1.165) is 18.2 Å². The standard InChI is InChI=1S/C18H16Cl2F2N2O4S/c19-12-5-4-10(29(27,28)24-15-2-1-3-16(15)25)8-11(12)18(26)23-9-6-13(20)17(22)14(21)7-9/h4-8,15-16,24-25H,1-3H2,(H,23,26). The van der Waals surface area contributed by atoms with Gasteiger partial charge in [0.2, 0.25) is 10.0 Å². The maximum absolute atomic E-state index is 13.5. The van der Waals surface area contributed by atoms with E-state index in [1.807, 2.05) is 0 Å². The number of halogens is 4. The molecule has 3 N–H and O–H groups in total. The molecular weight excluding hydrogens is 449 g/mol. The Labute approximate surface area is 175 Å². The molecule has 6 nitrogen and oxygen atoms in total. The van der Waals surface area contributed by atoms with Crippen molar-refractivity contribution in [2.24, 2.45) is 0 Å². The summed E-state index contributed by atoms with van der Waals surface area (Å²) in [6.45, 7) is 0. The van der Waals surface area contributed by atoms with Gasteiger partial charge in [0.15, 0.2) is 11.6 Å². The first-order valence-corrected chi connectivity index (χ1v) is 10.8. The predicted octanol–water partition coefficient (Wildman–Crippen LogP) is 3.72. The minimum Gasteiger partial charge on any atom is -0.391 e. The Morgan fingerprint density at radius 2 is 1.83 bits per heavy atom. The summed E-state index contributed by atoms with van der Waals surface area (Å²) in [4.78, 5) is 12.3. The van der Waals surface area contributed by atoms with Crippen LogP contribution in [0.5, 0.6) is 0 Å². The van der Waals surface area contributed by atoms with Gasteiger partial charge in [0, 0.05) is 17.8 Å². The number of rotatable bonds is 5. The Morgan fingerprint density at radius 1 is 1.10 bits per heavy atom. The molecule has 1 saturated carbocycles. The lowest BCUT2D eigenvalue weighted by atomic mass is 10.2. The van der Waals surface area contributed by atoms with Gasteiger partial charge in [0.05, 0.1) is 26.6 Å². The van der Waals surface area contributed by atoms with Crippen molar-refractivity contribution >= 4 is 44.8 Å². The van der Waals surface area contributed by atoms with Gasteiger partial charge in [-0.15, -0.1) is 0 Å². The molecule has 11 heteroatoms. The molecule has 156 valence electrons. The van der Waals surface area contributed by atoms with Crippen LogP contribution in [0.2, 0.25) is 10.0 Å². The number of hydrogen-bond acceptors (Lipinski definition) is 4. The van der Waals surface area contributed by atoms with Gasteiger partial charge >= 0.3 is 0 Å². The van der Waals surface area contributed by atoms with Crippen molar-refractivity contribution in [3.63, 3.8) is 0 Å². The number of benzene rings is 2. The van der Waals surface area contributed by atoms with Crippen LogP contribution >= 0.6 is 23.2 Å². The second-order valence-electron chi connectivity index (χ2n) is 6.58. The van der Waals surface area contributed by atoms with E-state index in [1.165, 1.54) is 12.1 Å². The summed E-state index contributed by atoms with van der Waals surface area (Å²) in [6.07, 6.45) is 0.911. The molecule has 1 fully saturated rings. The highest BCUT2D eigenvalue weighted by Gasteiger charge is 2.30. The summed E-state index contributed by atoms with van der Waals surface area (Å²) in [6, 6.07) is 4.64. The van der Waals surface area contributed by atoms with Gasteiger partial charge in [-0.25, -0.2) is 21.9 Å². The fraction of sp³-hybridized carbons (Fsp3) is 0.278. The lowest BCUT2D eigenvalue weighted by Gasteiger charge is -2.17. The van der Waals surface area contributed by atoms with E-state index in [-0.39, 0.29) is 21.2 Å². The molecule has 0 aliphatic heterocycles.